The summed E-state index contributed by atoms with van der Waals surface area (Å²) < 4.78 is 0. The highest BCUT2D eigenvalue weighted by Crippen LogP contribution is 2.65. The maximum absolute atomic E-state index is 2.49. The zero-order valence-corrected chi connectivity index (χ0v) is 4.93. The number of fused-ring (bicyclic) bond motifs is 1. The summed E-state index contributed by atoms with van der Waals surface area (Å²) in [4.78, 5) is 0. The van der Waals surface area contributed by atoms with E-state index in [-0.39, 0.29) is 0 Å². The maximum Gasteiger partial charge on any atom is -0.0103 e. The Bertz CT molecular complexity index is 167. The van der Waals surface area contributed by atoms with Crippen LogP contribution in [0.4, 0.5) is 0 Å². The second-order valence-electron chi connectivity index (χ2n) is 3.41. The normalized spacial score (nSPS) is 56.0. The first-order chi connectivity index (χ1) is 3.97. The maximum atomic E-state index is 2.49. The SMILES string of the molecule is C1=C2C3CCC(C1)C23. The third kappa shape index (κ3) is 0.229. The van der Waals surface area contributed by atoms with Crippen LogP contribution in [-0.4, -0.2) is 0 Å². The smallest absolute Gasteiger partial charge is 0.0103 e. The average Bonchev–Trinajstić information content (AvgIpc) is 2.11. The molecule has 0 heterocycles. The number of hydrogen-bond donors (Lipinski definition) is 0. The molecule has 0 spiro atoms. The lowest BCUT2D eigenvalue weighted by Gasteiger charge is -1.99. The molecule has 0 aromatic rings. The van der Waals surface area contributed by atoms with Gasteiger partial charge in [0, 0.05) is 0 Å². The first kappa shape index (κ1) is 3.71. The van der Waals surface area contributed by atoms with Crippen molar-refractivity contribution in [1.82, 2.24) is 0 Å². The van der Waals surface area contributed by atoms with E-state index < -0.39 is 0 Å². The standard InChI is InChI=1S/C8H10/c1-3-6-7-4-2-5(1)8(6)7/h3,5,7-8H,1-2,4H2. The molecule has 0 N–H and O–H groups in total. The molecule has 3 rings (SSSR count). The number of rotatable bonds is 0. The van der Waals surface area contributed by atoms with Crippen LogP contribution in [0.1, 0.15) is 19.3 Å². The highest BCUT2D eigenvalue weighted by Gasteiger charge is 2.55. The van der Waals surface area contributed by atoms with E-state index in [1.165, 1.54) is 19.3 Å². The molecule has 3 atom stereocenters. The Hall–Kier alpha value is -0.260. The van der Waals surface area contributed by atoms with E-state index in [0.29, 0.717) is 0 Å². The summed E-state index contributed by atoms with van der Waals surface area (Å²) in [5, 5.41) is 0. The van der Waals surface area contributed by atoms with Crippen LogP contribution in [-0.2, 0) is 0 Å². The van der Waals surface area contributed by atoms with Gasteiger partial charge < -0.3 is 0 Å². The van der Waals surface area contributed by atoms with Gasteiger partial charge in [-0.15, -0.1) is 0 Å². The fourth-order valence-electron chi connectivity index (χ4n) is 2.72. The molecule has 0 radical (unpaired) electrons. The monoisotopic (exact) mass is 106 g/mol. The Balaban J connectivity index is 2.14. The molecule has 42 valence electrons. The summed E-state index contributed by atoms with van der Waals surface area (Å²) in [6, 6.07) is 0. The van der Waals surface area contributed by atoms with Gasteiger partial charge in [0.15, 0.2) is 0 Å². The van der Waals surface area contributed by atoms with Crippen molar-refractivity contribution in [2.45, 2.75) is 19.3 Å². The van der Waals surface area contributed by atoms with Gasteiger partial charge in [0.1, 0.15) is 0 Å². The first-order valence-corrected chi connectivity index (χ1v) is 3.67. The quantitative estimate of drug-likeness (QED) is 0.414. The van der Waals surface area contributed by atoms with E-state index in [0.717, 1.165) is 17.8 Å². The minimum atomic E-state index is 1.11. The van der Waals surface area contributed by atoms with Gasteiger partial charge in [0.05, 0.1) is 0 Å². The summed E-state index contributed by atoms with van der Waals surface area (Å²) in [5.41, 5.74) is 1.83. The Morgan fingerprint density at radius 3 is 3.00 bits per heavy atom. The molecule has 8 heavy (non-hydrogen) atoms. The Labute approximate surface area is 49.6 Å². The molecule has 0 aromatic carbocycles. The summed E-state index contributed by atoms with van der Waals surface area (Å²) >= 11 is 0. The van der Waals surface area contributed by atoms with Crippen LogP contribution in [0.25, 0.3) is 0 Å². The minimum Gasteiger partial charge on any atom is -0.0844 e. The van der Waals surface area contributed by atoms with Gasteiger partial charge in [-0.3, -0.25) is 0 Å². The highest BCUT2D eigenvalue weighted by atomic mass is 14.6. The van der Waals surface area contributed by atoms with Crippen LogP contribution in [0.2, 0.25) is 0 Å². The predicted molar refractivity (Wildman–Crippen MR) is 32.4 cm³/mol. The van der Waals surface area contributed by atoms with Crippen LogP contribution >= 0.6 is 0 Å². The summed E-state index contributed by atoms with van der Waals surface area (Å²) in [7, 11) is 0. The molecule has 0 saturated heterocycles. The third-order valence-corrected chi connectivity index (χ3v) is 3.15. The molecule has 0 aromatic heterocycles. The Morgan fingerprint density at radius 1 is 1.38 bits per heavy atom. The Morgan fingerprint density at radius 2 is 2.38 bits per heavy atom. The molecule has 3 aliphatic carbocycles. The predicted octanol–water partition coefficient (Wildman–Crippen LogP) is 1.97. The summed E-state index contributed by atoms with van der Waals surface area (Å²) in [5.74, 6) is 3.35. The lowest BCUT2D eigenvalue weighted by atomic mass is 10.1. The van der Waals surface area contributed by atoms with Crippen LogP contribution in [0.5, 0.6) is 0 Å². The second kappa shape index (κ2) is 0.896. The van der Waals surface area contributed by atoms with E-state index in [4.69, 9.17) is 0 Å². The first-order valence-electron chi connectivity index (χ1n) is 3.67. The van der Waals surface area contributed by atoms with Crippen LogP contribution in [0, 0.1) is 17.8 Å². The van der Waals surface area contributed by atoms with Crippen molar-refractivity contribution in [2.75, 3.05) is 0 Å². The van der Waals surface area contributed by atoms with Crippen LogP contribution < -0.4 is 0 Å². The number of allylic oxidation sites excluding steroid dienone is 2. The molecule has 0 heteroatoms. The molecule has 3 aliphatic rings. The zero-order chi connectivity index (χ0) is 5.14. The lowest BCUT2D eigenvalue weighted by Crippen LogP contribution is -1.90. The van der Waals surface area contributed by atoms with Crippen LogP contribution in [0.3, 0.4) is 0 Å². The second-order valence-corrected chi connectivity index (χ2v) is 3.41. The largest absolute Gasteiger partial charge is 0.0844 e. The molecule has 0 aliphatic heterocycles. The van der Waals surface area contributed by atoms with Crippen molar-refractivity contribution < 1.29 is 0 Å². The summed E-state index contributed by atoms with van der Waals surface area (Å²) in [6.07, 6.45) is 6.99. The van der Waals surface area contributed by atoms with E-state index in [9.17, 15) is 0 Å². The van der Waals surface area contributed by atoms with Gasteiger partial charge in [0.2, 0.25) is 0 Å². The fourth-order valence-corrected chi connectivity index (χ4v) is 2.72. The fraction of sp³-hybridized carbons (Fsp3) is 0.750. The molecular weight excluding hydrogens is 96.1 g/mol. The van der Waals surface area contributed by atoms with E-state index in [2.05, 4.69) is 6.08 Å². The van der Waals surface area contributed by atoms with Crippen molar-refractivity contribution in [3.63, 3.8) is 0 Å². The van der Waals surface area contributed by atoms with E-state index >= 15 is 0 Å². The Kier molecular flexibility index (Phi) is 0.415. The van der Waals surface area contributed by atoms with E-state index in [1.54, 1.807) is 0 Å². The topological polar surface area (TPSA) is 0 Å². The molecule has 2 fully saturated rings. The van der Waals surface area contributed by atoms with Gasteiger partial charge >= 0.3 is 0 Å². The molecular formula is C8H10. The van der Waals surface area contributed by atoms with Crippen molar-refractivity contribution in [2.24, 2.45) is 17.8 Å². The zero-order valence-electron chi connectivity index (χ0n) is 4.93. The molecule has 2 saturated carbocycles. The van der Waals surface area contributed by atoms with Crippen molar-refractivity contribution >= 4 is 0 Å². The minimum absolute atomic E-state index is 1.11. The molecule has 0 nitrogen and oxygen atoms in total. The van der Waals surface area contributed by atoms with Gasteiger partial charge in [0.25, 0.3) is 0 Å². The van der Waals surface area contributed by atoms with Gasteiger partial charge in [-0.1, -0.05) is 11.6 Å². The van der Waals surface area contributed by atoms with Crippen molar-refractivity contribution in [3.8, 4) is 0 Å². The number of hydrogen-bond acceptors (Lipinski definition) is 0. The molecule has 0 bridgehead atoms. The molecule has 0 amide bonds. The third-order valence-electron chi connectivity index (χ3n) is 3.15. The van der Waals surface area contributed by atoms with Crippen molar-refractivity contribution in [3.05, 3.63) is 11.6 Å². The molecule has 3 unspecified atom stereocenters. The highest BCUT2D eigenvalue weighted by molar-refractivity contribution is 5.38. The average molecular weight is 106 g/mol. The summed E-state index contributed by atoms with van der Waals surface area (Å²) in [6.45, 7) is 0. The van der Waals surface area contributed by atoms with Crippen LogP contribution in [0.15, 0.2) is 11.6 Å². The van der Waals surface area contributed by atoms with E-state index in [1.807, 2.05) is 5.57 Å². The van der Waals surface area contributed by atoms with Gasteiger partial charge in [-0.05, 0) is 37.0 Å². The van der Waals surface area contributed by atoms with Gasteiger partial charge in [-0.2, -0.15) is 0 Å². The van der Waals surface area contributed by atoms with Crippen molar-refractivity contribution in [1.29, 1.82) is 0 Å². The van der Waals surface area contributed by atoms with Gasteiger partial charge in [-0.25, -0.2) is 0 Å². The lowest BCUT2D eigenvalue weighted by molar-refractivity contribution is 0.533.